The summed E-state index contributed by atoms with van der Waals surface area (Å²) >= 11 is 0. The summed E-state index contributed by atoms with van der Waals surface area (Å²) in [6.45, 7) is 7.32. The zero-order chi connectivity index (χ0) is 10.9. The van der Waals surface area contributed by atoms with Crippen molar-refractivity contribution in [3.05, 3.63) is 0 Å². The third-order valence-corrected chi connectivity index (χ3v) is 3.22. The third-order valence-electron chi connectivity index (χ3n) is 3.22. The molecule has 0 aliphatic carbocycles. The Morgan fingerprint density at radius 3 is 2.60 bits per heavy atom. The van der Waals surface area contributed by atoms with Crippen LogP contribution in [-0.2, 0) is 0 Å². The van der Waals surface area contributed by atoms with Crippen LogP contribution in [0.25, 0.3) is 0 Å². The number of nitrogens with one attached hydrogen (secondary N) is 1. The van der Waals surface area contributed by atoms with E-state index >= 15 is 0 Å². The van der Waals surface area contributed by atoms with Crippen molar-refractivity contribution in [2.75, 3.05) is 32.8 Å². The Morgan fingerprint density at radius 2 is 1.93 bits per heavy atom. The number of piperidine rings is 1. The van der Waals surface area contributed by atoms with Crippen LogP contribution in [0, 0.1) is 0 Å². The van der Waals surface area contributed by atoms with Crippen molar-refractivity contribution in [1.82, 2.24) is 10.2 Å². The fourth-order valence-electron chi connectivity index (χ4n) is 2.16. The topological polar surface area (TPSA) is 35.5 Å². The summed E-state index contributed by atoms with van der Waals surface area (Å²) < 4.78 is 0. The van der Waals surface area contributed by atoms with Gasteiger partial charge in [0.15, 0.2) is 0 Å². The van der Waals surface area contributed by atoms with Gasteiger partial charge >= 0.3 is 0 Å². The fourth-order valence-corrected chi connectivity index (χ4v) is 2.16. The van der Waals surface area contributed by atoms with Crippen LogP contribution in [0.2, 0.25) is 0 Å². The Kier molecular flexibility index (Phi) is 6.98. The number of nitrogens with zero attached hydrogens (tertiary/aromatic N) is 1. The molecule has 0 saturated carbocycles. The number of hydrogen-bond acceptors (Lipinski definition) is 3. The molecule has 0 bridgehead atoms. The highest BCUT2D eigenvalue weighted by Gasteiger charge is 2.15. The van der Waals surface area contributed by atoms with Gasteiger partial charge in [0.05, 0.1) is 0 Å². The van der Waals surface area contributed by atoms with Crippen LogP contribution in [0.15, 0.2) is 0 Å². The van der Waals surface area contributed by atoms with Crippen molar-refractivity contribution in [1.29, 1.82) is 0 Å². The fraction of sp³-hybridized carbons (Fsp3) is 1.00. The quantitative estimate of drug-likeness (QED) is 0.626. The number of rotatable bonds is 7. The predicted octanol–water partition coefficient (Wildman–Crippen LogP) is 1.22. The van der Waals surface area contributed by atoms with E-state index in [1.165, 1.54) is 32.4 Å². The summed E-state index contributed by atoms with van der Waals surface area (Å²) in [5.74, 6) is 0. The standard InChI is InChI=1S/C12H26N2O/c1-12(11-13-7-3-6-10-15)14-8-4-2-5-9-14/h12-13,15H,2-11H2,1H3. The molecule has 2 N–H and O–H groups in total. The van der Waals surface area contributed by atoms with Gasteiger partial charge in [-0.1, -0.05) is 6.42 Å². The Hall–Kier alpha value is -0.120. The predicted molar refractivity (Wildman–Crippen MR) is 64.1 cm³/mol. The largest absolute Gasteiger partial charge is 0.396 e. The van der Waals surface area contributed by atoms with Crippen molar-refractivity contribution in [3.63, 3.8) is 0 Å². The van der Waals surface area contributed by atoms with Gasteiger partial charge in [0, 0.05) is 19.2 Å². The van der Waals surface area contributed by atoms with Crippen molar-refractivity contribution in [2.45, 2.75) is 45.1 Å². The van der Waals surface area contributed by atoms with E-state index in [-0.39, 0.29) is 0 Å². The lowest BCUT2D eigenvalue weighted by molar-refractivity contribution is 0.170. The van der Waals surface area contributed by atoms with E-state index in [4.69, 9.17) is 5.11 Å². The monoisotopic (exact) mass is 214 g/mol. The van der Waals surface area contributed by atoms with Gasteiger partial charge in [0.1, 0.15) is 0 Å². The van der Waals surface area contributed by atoms with Crippen molar-refractivity contribution in [3.8, 4) is 0 Å². The van der Waals surface area contributed by atoms with E-state index in [2.05, 4.69) is 17.1 Å². The minimum Gasteiger partial charge on any atom is -0.396 e. The summed E-state index contributed by atoms with van der Waals surface area (Å²) in [7, 11) is 0. The lowest BCUT2D eigenvalue weighted by Gasteiger charge is -2.32. The molecule has 1 fully saturated rings. The van der Waals surface area contributed by atoms with E-state index in [0.717, 1.165) is 25.9 Å². The number of aliphatic hydroxyl groups excluding tert-OH is 1. The average molecular weight is 214 g/mol. The van der Waals surface area contributed by atoms with Crippen molar-refractivity contribution < 1.29 is 5.11 Å². The van der Waals surface area contributed by atoms with Crippen LogP contribution in [0.3, 0.4) is 0 Å². The Morgan fingerprint density at radius 1 is 1.20 bits per heavy atom. The Labute approximate surface area is 93.9 Å². The van der Waals surface area contributed by atoms with Crippen LogP contribution in [-0.4, -0.2) is 48.8 Å². The second kappa shape index (κ2) is 8.08. The molecule has 0 amide bonds. The zero-order valence-electron chi connectivity index (χ0n) is 10.0. The van der Waals surface area contributed by atoms with Gasteiger partial charge in [-0.3, -0.25) is 4.90 Å². The lowest BCUT2D eigenvalue weighted by atomic mass is 10.1. The molecule has 0 aromatic rings. The minimum absolute atomic E-state index is 0.323. The molecule has 90 valence electrons. The molecule has 0 radical (unpaired) electrons. The summed E-state index contributed by atoms with van der Waals surface area (Å²) in [6.07, 6.45) is 6.16. The van der Waals surface area contributed by atoms with Gasteiger partial charge in [-0.25, -0.2) is 0 Å². The Bertz CT molecular complexity index is 147. The zero-order valence-corrected chi connectivity index (χ0v) is 10.0. The number of hydrogen-bond donors (Lipinski definition) is 2. The van der Waals surface area contributed by atoms with Gasteiger partial charge in [0.2, 0.25) is 0 Å². The van der Waals surface area contributed by atoms with Gasteiger partial charge in [-0.15, -0.1) is 0 Å². The molecule has 1 saturated heterocycles. The van der Waals surface area contributed by atoms with E-state index in [0.29, 0.717) is 12.6 Å². The molecule has 0 aromatic heterocycles. The average Bonchev–Trinajstić information content (AvgIpc) is 2.30. The van der Waals surface area contributed by atoms with Gasteiger partial charge in [0.25, 0.3) is 0 Å². The van der Waals surface area contributed by atoms with Crippen LogP contribution < -0.4 is 5.32 Å². The molecule has 1 aliphatic rings. The molecule has 1 unspecified atom stereocenters. The maximum Gasteiger partial charge on any atom is 0.0431 e. The van der Waals surface area contributed by atoms with Gasteiger partial charge in [-0.05, 0) is 52.2 Å². The molecule has 0 spiro atoms. The molecular weight excluding hydrogens is 188 g/mol. The first kappa shape index (κ1) is 12.9. The maximum atomic E-state index is 8.64. The Balaban J connectivity index is 1.99. The first-order valence-electron chi connectivity index (χ1n) is 6.40. The van der Waals surface area contributed by atoms with E-state index in [1.807, 2.05) is 0 Å². The van der Waals surface area contributed by atoms with Gasteiger partial charge < -0.3 is 10.4 Å². The molecule has 1 atom stereocenters. The normalized spacial score (nSPS) is 20.4. The second-order valence-corrected chi connectivity index (χ2v) is 4.58. The second-order valence-electron chi connectivity index (χ2n) is 4.58. The molecule has 1 heterocycles. The summed E-state index contributed by atoms with van der Waals surface area (Å²) in [5.41, 5.74) is 0. The molecule has 1 aliphatic heterocycles. The minimum atomic E-state index is 0.323. The highest BCUT2D eigenvalue weighted by Crippen LogP contribution is 2.11. The summed E-state index contributed by atoms with van der Waals surface area (Å²) in [5, 5.41) is 12.1. The molecule has 3 heteroatoms. The third kappa shape index (κ3) is 5.50. The smallest absolute Gasteiger partial charge is 0.0431 e. The van der Waals surface area contributed by atoms with E-state index < -0.39 is 0 Å². The highest BCUT2D eigenvalue weighted by atomic mass is 16.2. The number of aliphatic hydroxyl groups is 1. The first-order chi connectivity index (χ1) is 7.34. The van der Waals surface area contributed by atoms with Gasteiger partial charge in [-0.2, -0.15) is 0 Å². The van der Waals surface area contributed by atoms with Crippen LogP contribution in [0.4, 0.5) is 0 Å². The SMILES string of the molecule is CC(CNCCCCO)N1CCCCC1. The summed E-state index contributed by atoms with van der Waals surface area (Å²) in [4.78, 5) is 2.59. The maximum absolute atomic E-state index is 8.64. The summed E-state index contributed by atoms with van der Waals surface area (Å²) in [6, 6.07) is 0.666. The van der Waals surface area contributed by atoms with Crippen LogP contribution in [0.1, 0.15) is 39.0 Å². The number of unbranched alkanes of at least 4 members (excludes halogenated alkanes) is 1. The first-order valence-corrected chi connectivity index (χ1v) is 6.40. The van der Waals surface area contributed by atoms with Crippen molar-refractivity contribution >= 4 is 0 Å². The van der Waals surface area contributed by atoms with Crippen LogP contribution >= 0.6 is 0 Å². The molecule has 0 aromatic carbocycles. The van der Waals surface area contributed by atoms with E-state index in [9.17, 15) is 0 Å². The highest BCUT2D eigenvalue weighted by molar-refractivity contribution is 4.73. The lowest BCUT2D eigenvalue weighted by Crippen LogP contribution is -2.43. The molecule has 15 heavy (non-hydrogen) atoms. The van der Waals surface area contributed by atoms with Crippen LogP contribution in [0.5, 0.6) is 0 Å². The number of likely N-dealkylation sites (tertiary alicyclic amines) is 1. The van der Waals surface area contributed by atoms with E-state index in [1.54, 1.807) is 0 Å². The molecular formula is C12H26N2O. The molecule has 1 rings (SSSR count). The van der Waals surface area contributed by atoms with Crippen molar-refractivity contribution in [2.24, 2.45) is 0 Å². The molecule has 3 nitrogen and oxygen atoms in total.